The molecule has 1 aromatic carbocycles. The van der Waals surface area contributed by atoms with Crippen LogP contribution in [0.1, 0.15) is 50.4 Å². The van der Waals surface area contributed by atoms with Gasteiger partial charge in [0.2, 0.25) is 5.88 Å². The number of rotatable bonds is 5. The number of ether oxygens (including phenoxy) is 1. The summed E-state index contributed by atoms with van der Waals surface area (Å²) < 4.78 is 5.29. The van der Waals surface area contributed by atoms with Gasteiger partial charge in [-0.05, 0) is 49.9 Å². The van der Waals surface area contributed by atoms with Crippen LogP contribution in [-0.2, 0) is 13.0 Å². The number of pyridine rings is 1. The van der Waals surface area contributed by atoms with Gasteiger partial charge in [-0.3, -0.25) is 9.80 Å². The highest BCUT2D eigenvalue weighted by atomic mass is 16.5. The largest absolute Gasteiger partial charge is 0.481 e. The van der Waals surface area contributed by atoms with E-state index in [1.54, 1.807) is 7.11 Å². The second-order valence-corrected chi connectivity index (χ2v) is 8.37. The molecule has 1 atom stereocenters. The van der Waals surface area contributed by atoms with Gasteiger partial charge >= 0.3 is 0 Å². The topological polar surface area (TPSA) is 28.6 Å². The second-order valence-electron chi connectivity index (χ2n) is 8.37. The van der Waals surface area contributed by atoms with Gasteiger partial charge < -0.3 is 4.74 Å². The van der Waals surface area contributed by atoms with Crippen LogP contribution in [-0.4, -0.2) is 47.1 Å². The van der Waals surface area contributed by atoms with Crippen LogP contribution in [0.2, 0.25) is 0 Å². The third-order valence-corrected chi connectivity index (χ3v) is 5.54. The van der Waals surface area contributed by atoms with E-state index in [0.29, 0.717) is 11.9 Å². The van der Waals surface area contributed by atoms with E-state index in [-0.39, 0.29) is 5.54 Å². The Labute approximate surface area is 164 Å². The Balaban J connectivity index is 1.85. The summed E-state index contributed by atoms with van der Waals surface area (Å²) in [6.07, 6.45) is 2.91. The van der Waals surface area contributed by atoms with Crippen LogP contribution < -0.4 is 4.74 Å². The lowest BCUT2D eigenvalue weighted by atomic mass is 9.91. The molecule has 146 valence electrons. The summed E-state index contributed by atoms with van der Waals surface area (Å²) in [6, 6.07) is 13.5. The van der Waals surface area contributed by atoms with Crippen molar-refractivity contribution in [2.45, 2.75) is 52.2 Å². The number of hydrogen-bond donors (Lipinski definition) is 0. The Kier molecular flexibility index (Phi) is 6.18. The minimum atomic E-state index is 0.150. The number of aromatic nitrogens is 1. The molecule has 0 N–H and O–H groups in total. The molecule has 0 spiro atoms. The van der Waals surface area contributed by atoms with E-state index in [9.17, 15) is 0 Å². The van der Waals surface area contributed by atoms with E-state index in [4.69, 9.17) is 4.74 Å². The normalized spacial score (nSPS) is 19.2. The van der Waals surface area contributed by atoms with E-state index in [1.807, 2.05) is 12.3 Å². The van der Waals surface area contributed by atoms with Crippen molar-refractivity contribution in [1.29, 1.82) is 0 Å². The summed E-state index contributed by atoms with van der Waals surface area (Å²) in [5.74, 6) is 0.689. The van der Waals surface area contributed by atoms with Crippen molar-refractivity contribution in [2.75, 3.05) is 26.7 Å². The maximum atomic E-state index is 5.29. The second kappa shape index (κ2) is 8.41. The fourth-order valence-corrected chi connectivity index (χ4v) is 4.15. The van der Waals surface area contributed by atoms with Gasteiger partial charge in [0, 0.05) is 50.0 Å². The minimum absolute atomic E-state index is 0.150. The predicted molar refractivity (Wildman–Crippen MR) is 111 cm³/mol. The van der Waals surface area contributed by atoms with Gasteiger partial charge in [-0.25, -0.2) is 4.98 Å². The lowest BCUT2D eigenvalue weighted by molar-refractivity contribution is 0.00563. The van der Waals surface area contributed by atoms with Crippen molar-refractivity contribution in [3.05, 3.63) is 59.3 Å². The lowest BCUT2D eigenvalue weighted by Gasteiger charge is -2.48. The fourth-order valence-electron chi connectivity index (χ4n) is 4.15. The third kappa shape index (κ3) is 4.69. The summed E-state index contributed by atoms with van der Waals surface area (Å²) in [5.41, 5.74) is 4.35. The Morgan fingerprint density at radius 3 is 2.63 bits per heavy atom. The van der Waals surface area contributed by atoms with E-state index in [2.05, 4.69) is 72.8 Å². The number of piperazine rings is 1. The number of hydrogen-bond acceptors (Lipinski definition) is 4. The lowest BCUT2D eigenvalue weighted by Crippen LogP contribution is -2.54. The predicted octanol–water partition coefficient (Wildman–Crippen LogP) is 4.31. The molecule has 0 aliphatic carbocycles. The van der Waals surface area contributed by atoms with Gasteiger partial charge in [0.15, 0.2) is 0 Å². The van der Waals surface area contributed by atoms with Gasteiger partial charge in [-0.15, -0.1) is 0 Å². The third-order valence-electron chi connectivity index (χ3n) is 5.54. The monoisotopic (exact) mass is 367 g/mol. The van der Waals surface area contributed by atoms with Crippen molar-refractivity contribution in [1.82, 2.24) is 14.8 Å². The van der Waals surface area contributed by atoms with Crippen molar-refractivity contribution in [3.8, 4) is 5.88 Å². The first-order valence-corrected chi connectivity index (χ1v) is 9.98. The Morgan fingerprint density at radius 2 is 1.93 bits per heavy atom. The maximum Gasteiger partial charge on any atom is 0.213 e. The molecule has 4 heteroatoms. The summed E-state index contributed by atoms with van der Waals surface area (Å²) >= 11 is 0. The van der Waals surface area contributed by atoms with Crippen molar-refractivity contribution < 1.29 is 4.74 Å². The molecule has 0 radical (unpaired) electrons. The smallest absolute Gasteiger partial charge is 0.213 e. The standard InChI is InChI=1S/C23H33N3O/c1-6-19-9-7-8-10-20(19)21-17-25(13-14-26(21)23(2,3)4)16-18-11-12-24-22(15-18)27-5/h7-12,15,21H,6,13-14,16-17H2,1-5H3. The number of methoxy groups -OCH3 is 1. The Morgan fingerprint density at radius 1 is 1.15 bits per heavy atom. The first-order chi connectivity index (χ1) is 12.9. The summed E-state index contributed by atoms with van der Waals surface area (Å²) in [6.45, 7) is 13.4. The number of benzene rings is 1. The van der Waals surface area contributed by atoms with E-state index >= 15 is 0 Å². The van der Waals surface area contributed by atoms with Crippen LogP contribution in [0.25, 0.3) is 0 Å². The van der Waals surface area contributed by atoms with E-state index in [0.717, 1.165) is 32.6 Å². The minimum Gasteiger partial charge on any atom is -0.481 e. The van der Waals surface area contributed by atoms with Crippen LogP contribution in [0.3, 0.4) is 0 Å². The van der Waals surface area contributed by atoms with Crippen LogP contribution in [0, 0.1) is 0 Å². The van der Waals surface area contributed by atoms with Crippen LogP contribution in [0.4, 0.5) is 0 Å². The quantitative estimate of drug-likeness (QED) is 0.787. The highest BCUT2D eigenvalue weighted by Gasteiger charge is 2.35. The number of aryl methyl sites for hydroxylation is 1. The first-order valence-electron chi connectivity index (χ1n) is 9.98. The Hall–Kier alpha value is -1.91. The molecule has 2 aromatic rings. The maximum absolute atomic E-state index is 5.29. The SMILES string of the molecule is CCc1ccccc1C1CN(Cc2ccnc(OC)c2)CCN1C(C)(C)C. The molecule has 1 fully saturated rings. The van der Waals surface area contributed by atoms with Gasteiger partial charge in [-0.2, -0.15) is 0 Å². The molecule has 1 saturated heterocycles. The summed E-state index contributed by atoms with van der Waals surface area (Å²) in [5, 5.41) is 0. The van der Waals surface area contributed by atoms with Gasteiger partial charge in [0.25, 0.3) is 0 Å². The molecule has 27 heavy (non-hydrogen) atoms. The average molecular weight is 368 g/mol. The Bertz CT molecular complexity index is 753. The van der Waals surface area contributed by atoms with Crippen LogP contribution >= 0.6 is 0 Å². The van der Waals surface area contributed by atoms with Crippen LogP contribution in [0.15, 0.2) is 42.6 Å². The molecule has 1 aliphatic rings. The molecule has 4 nitrogen and oxygen atoms in total. The van der Waals surface area contributed by atoms with Gasteiger partial charge in [0.05, 0.1) is 7.11 Å². The van der Waals surface area contributed by atoms with E-state index < -0.39 is 0 Å². The molecule has 0 amide bonds. The van der Waals surface area contributed by atoms with Crippen molar-refractivity contribution >= 4 is 0 Å². The van der Waals surface area contributed by atoms with Gasteiger partial charge in [-0.1, -0.05) is 31.2 Å². The molecule has 0 saturated carbocycles. The van der Waals surface area contributed by atoms with Crippen molar-refractivity contribution in [3.63, 3.8) is 0 Å². The zero-order chi connectivity index (χ0) is 19.4. The molecular weight excluding hydrogens is 334 g/mol. The fraction of sp³-hybridized carbons (Fsp3) is 0.522. The highest BCUT2D eigenvalue weighted by Crippen LogP contribution is 2.34. The van der Waals surface area contributed by atoms with E-state index in [1.165, 1.54) is 16.7 Å². The van der Waals surface area contributed by atoms with Gasteiger partial charge in [0.1, 0.15) is 0 Å². The molecule has 2 heterocycles. The van der Waals surface area contributed by atoms with Crippen molar-refractivity contribution in [2.24, 2.45) is 0 Å². The molecule has 1 aliphatic heterocycles. The first kappa shape index (κ1) is 19.8. The average Bonchev–Trinajstić information content (AvgIpc) is 2.67. The number of nitrogens with zero attached hydrogens (tertiary/aromatic N) is 3. The zero-order valence-electron chi connectivity index (χ0n) is 17.4. The zero-order valence-corrected chi connectivity index (χ0v) is 17.4. The molecule has 3 rings (SSSR count). The molecular formula is C23H33N3O. The molecule has 1 aromatic heterocycles. The summed E-state index contributed by atoms with van der Waals surface area (Å²) in [7, 11) is 1.67. The molecule has 0 bridgehead atoms. The summed E-state index contributed by atoms with van der Waals surface area (Å²) in [4.78, 5) is 9.47. The highest BCUT2D eigenvalue weighted by molar-refractivity contribution is 5.31. The molecule has 1 unspecified atom stereocenters. The van der Waals surface area contributed by atoms with Crippen LogP contribution in [0.5, 0.6) is 5.88 Å².